The third-order valence-corrected chi connectivity index (χ3v) is 18.8. The molecule has 1 saturated carbocycles. The van der Waals surface area contributed by atoms with Crippen molar-refractivity contribution in [3.05, 3.63) is 70.2 Å². The van der Waals surface area contributed by atoms with E-state index < -0.39 is 187 Å². The molecular weight excluding hydrogens is 1330 g/mol. The zero-order valence-corrected chi connectivity index (χ0v) is 63.0. The van der Waals surface area contributed by atoms with Gasteiger partial charge < -0.3 is 65.6 Å². The van der Waals surface area contributed by atoms with Crippen molar-refractivity contribution in [1.29, 1.82) is 0 Å². The van der Waals surface area contributed by atoms with Crippen LogP contribution in [0.25, 0.3) is 0 Å². The summed E-state index contributed by atoms with van der Waals surface area (Å²) in [5.74, 6) is -10.0. The van der Waals surface area contributed by atoms with Crippen molar-refractivity contribution < 1.29 is 75.4 Å². The van der Waals surface area contributed by atoms with Gasteiger partial charge in [-0.3, -0.25) is 57.5 Å². The van der Waals surface area contributed by atoms with Crippen LogP contribution < -0.4 is 26.6 Å². The Morgan fingerprint density at radius 2 is 1.17 bits per heavy atom. The second-order valence-corrected chi connectivity index (χ2v) is 30.0. The quantitative estimate of drug-likeness (QED) is 0.144. The van der Waals surface area contributed by atoms with Crippen molar-refractivity contribution in [2.75, 3.05) is 82.2 Å². The summed E-state index contributed by atoms with van der Waals surface area (Å²) >= 11 is 6.23. The number of carbonyl (C=O) groups excluding carboxylic acids is 12. The lowest BCUT2D eigenvalue weighted by Crippen LogP contribution is -2.64. The van der Waals surface area contributed by atoms with Crippen LogP contribution in [0.15, 0.2) is 48.5 Å². The first-order valence-corrected chi connectivity index (χ1v) is 35.1. The SMILES string of the molecule is CC[C@H](C)[C@@H]1NC(=O)[C@H](C(C)C)N(C)C(=O)C[C@@H](COCC(=O)NC(C)(C)C)NC(=O)[C@H](CC(C)C)N(C)C(=O)C2(CCCC2)NC(=O)[C@H](CC(C)C)N(C)C(=O)[C@H](CCc2ccc(C(F)(F)F)cc2)NC(=O)CN(C)C(=O)[C@H](Cc2ccc(Cl)cc2)N(C)C(=O)CN(C)C(=O)CN(C)C1=O. The summed E-state index contributed by atoms with van der Waals surface area (Å²) in [6, 6.07) is 1.71. The van der Waals surface area contributed by atoms with E-state index in [0.717, 1.165) is 36.6 Å². The Hall–Kier alpha value is -7.88. The van der Waals surface area contributed by atoms with E-state index in [1.807, 2.05) is 27.7 Å². The summed E-state index contributed by atoms with van der Waals surface area (Å²) in [5, 5.41) is 14.7. The number of hydrogen-bond acceptors (Lipinski definition) is 13. The molecule has 5 N–H and O–H groups in total. The first-order valence-electron chi connectivity index (χ1n) is 34.7. The summed E-state index contributed by atoms with van der Waals surface area (Å²) in [4.78, 5) is 183. The molecule has 8 atom stereocenters. The number of hydrogen-bond donors (Lipinski definition) is 5. The van der Waals surface area contributed by atoms with Crippen LogP contribution in [-0.2, 0) is 81.3 Å². The lowest BCUT2D eigenvalue weighted by Gasteiger charge is -2.39. The first-order chi connectivity index (χ1) is 46.9. The van der Waals surface area contributed by atoms with Crippen molar-refractivity contribution in [1.82, 2.24) is 60.9 Å². The number of nitrogens with one attached hydrogen (secondary N) is 5. The van der Waals surface area contributed by atoms with Crippen LogP contribution in [0, 0.1) is 23.7 Å². The maximum atomic E-state index is 15.4. The van der Waals surface area contributed by atoms with Crippen molar-refractivity contribution in [3.63, 3.8) is 0 Å². The van der Waals surface area contributed by atoms with E-state index in [1.54, 1.807) is 72.7 Å². The van der Waals surface area contributed by atoms with Gasteiger partial charge in [0.1, 0.15) is 48.4 Å². The number of alkyl halides is 3. The minimum absolute atomic E-state index is 0.0295. The average Bonchev–Trinajstić information content (AvgIpc) is 1.76. The summed E-state index contributed by atoms with van der Waals surface area (Å²) in [6.45, 7) is 16.8. The molecule has 1 saturated heterocycles. The van der Waals surface area contributed by atoms with Gasteiger partial charge in [-0.15, -0.1) is 0 Å². The molecule has 0 unspecified atom stereocenters. The molecule has 0 aromatic heterocycles. The molecule has 0 bridgehead atoms. The van der Waals surface area contributed by atoms with Crippen molar-refractivity contribution in [2.24, 2.45) is 23.7 Å². The van der Waals surface area contributed by atoms with Gasteiger partial charge in [0.05, 0.1) is 37.8 Å². The Labute approximate surface area is 598 Å². The fourth-order valence-corrected chi connectivity index (χ4v) is 12.7. The second kappa shape index (κ2) is 37.9. The molecule has 29 heteroatoms. The highest BCUT2D eigenvalue weighted by Gasteiger charge is 2.49. The number of nitrogens with zero attached hydrogens (tertiary/aromatic N) is 7. The number of rotatable bonds is 16. The van der Waals surface area contributed by atoms with Crippen LogP contribution >= 0.6 is 11.6 Å². The molecule has 2 aromatic rings. The number of aryl methyl sites for hydroxylation is 1. The molecule has 12 amide bonds. The molecule has 2 aliphatic rings. The summed E-state index contributed by atoms with van der Waals surface area (Å²) in [7, 11) is 9.51. The minimum Gasteiger partial charge on any atom is -0.369 e. The molecule has 101 heavy (non-hydrogen) atoms. The van der Waals surface area contributed by atoms with Gasteiger partial charge in [-0.1, -0.05) is 111 Å². The predicted octanol–water partition coefficient (Wildman–Crippen LogP) is 5.23. The highest BCUT2D eigenvalue weighted by molar-refractivity contribution is 6.30. The molecule has 2 fully saturated rings. The number of carbonyl (C=O) groups is 12. The van der Waals surface area contributed by atoms with Crippen molar-refractivity contribution in [3.8, 4) is 0 Å². The first kappa shape index (κ1) is 85.5. The maximum Gasteiger partial charge on any atom is 0.416 e. The van der Waals surface area contributed by atoms with Gasteiger partial charge in [0, 0.05) is 72.7 Å². The molecular formula is C72H110ClF3N12O13. The van der Waals surface area contributed by atoms with E-state index in [0.29, 0.717) is 35.4 Å². The molecule has 1 aliphatic heterocycles. The minimum atomic E-state index is -4.65. The molecule has 1 heterocycles. The zero-order valence-electron chi connectivity index (χ0n) is 62.2. The van der Waals surface area contributed by atoms with Gasteiger partial charge in [-0.2, -0.15) is 13.2 Å². The molecule has 2 aromatic carbocycles. The Balaban J connectivity index is 1.91. The Kier molecular flexibility index (Phi) is 32.1. The van der Waals surface area contributed by atoms with E-state index in [1.165, 1.54) is 71.3 Å². The van der Waals surface area contributed by atoms with Gasteiger partial charge in [-0.25, -0.2) is 0 Å². The fraction of sp³-hybridized carbons (Fsp3) is 0.667. The molecule has 1 aliphatic carbocycles. The summed E-state index contributed by atoms with van der Waals surface area (Å²) in [5.41, 5.74) is -2.25. The number of ether oxygens (including phenoxy) is 1. The van der Waals surface area contributed by atoms with E-state index in [9.17, 15) is 51.5 Å². The Morgan fingerprint density at radius 3 is 1.70 bits per heavy atom. The highest BCUT2D eigenvalue weighted by atomic mass is 35.5. The largest absolute Gasteiger partial charge is 0.416 e. The average molecular weight is 1440 g/mol. The van der Waals surface area contributed by atoms with Crippen molar-refractivity contribution in [2.45, 2.75) is 206 Å². The lowest BCUT2D eigenvalue weighted by atomic mass is 9.91. The number of likely N-dealkylation sites (N-methyl/N-ethyl adjacent to an activating group) is 7. The van der Waals surface area contributed by atoms with Crippen LogP contribution in [0.1, 0.15) is 151 Å². The normalized spacial score (nSPS) is 23.2. The van der Waals surface area contributed by atoms with E-state index in [-0.39, 0.29) is 56.8 Å². The Morgan fingerprint density at radius 1 is 0.624 bits per heavy atom. The smallest absolute Gasteiger partial charge is 0.369 e. The van der Waals surface area contributed by atoms with Gasteiger partial charge >= 0.3 is 6.18 Å². The van der Waals surface area contributed by atoms with Gasteiger partial charge in [-0.05, 0) is 118 Å². The predicted molar refractivity (Wildman–Crippen MR) is 376 cm³/mol. The topological polar surface area (TPSA) is 297 Å². The number of benzene rings is 2. The molecule has 1 spiro atoms. The monoisotopic (exact) mass is 1440 g/mol. The standard InChI is InChI=1S/C72H110ClF3N12O13/c1-19-46(8)61-68(99)84(14)39-59(92)82(12)40-60(93)85(15)55(36-48-24-29-50(73)30-25-48)67(98)83(13)38-56(89)78-52(31-26-47-22-27-49(28-23-47)72(74,75)76)66(97)86(16)54(35-44(4)5)64(95)81-71(32-20-21-33-71)69(100)87(17)53(34-43(2)3)63(94)77-51(41-101-42-57(90)80-70(9,10)11)37-58(91)88(18)62(45(6)7)65(96)79-61/h22-25,27-30,43-46,51-55,61-62H,19-21,26,31-42H2,1-18H3,(H,77,94)(H,78,89)(H,79,96)(H,80,90)(H,81,95)/t46-,51-,52-,53-,54-,55-,61-,62-/m0/s1. The molecule has 25 nitrogen and oxygen atoms in total. The number of halogens is 4. The molecule has 4 rings (SSSR count). The van der Waals surface area contributed by atoms with Crippen LogP contribution in [-0.4, -0.2) is 241 Å². The zero-order chi connectivity index (χ0) is 76.3. The van der Waals surface area contributed by atoms with Crippen LogP contribution in [0.3, 0.4) is 0 Å². The van der Waals surface area contributed by atoms with E-state index in [2.05, 4.69) is 26.6 Å². The lowest BCUT2D eigenvalue weighted by molar-refractivity contribution is -0.149. The Bertz CT molecular complexity index is 3220. The third kappa shape index (κ3) is 25.3. The second-order valence-electron chi connectivity index (χ2n) is 29.6. The summed E-state index contributed by atoms with van der Waals surface area (Å²) < 4.78 is 47.0. The highest BCUT2D eigenvalue weighted by Crippen LogP contribution is 2.34. The summed E-state index contributed by atoms with van der Waals surface area (Å²) in [6.07, 6.45) is -3.83. The van der Waals surface area contributed by atoms with Gasteiger partial charge in [0.2, 0.25) is 70.9 Å². The van der Waals surface area contributed by atoms with E-state index >= 15 is 19.2 Å². The van der Waals surface area contributed by atoms with Crippen LogP contribution in [0.4, 0.5) is 13.2 Å². The van der Waals surface area contributed by atoms with Gasteiger partial charge in [0.25, 0.3) is 0 Å². The molecule has 564 valence electrons. The molecule has 0 radical (unpaired) electrons. The third-order valence-electron chi connectivity index (χ3n) is 18.6. The van der Waals surface area contributed by atoms with Gasteiger partial charge in [0.15, 0.2) is 0 Å². The fourth-order valence-electron chi connectivity index (χ4n) is 12.6. The van der Waals surface area contributed by atoms with Crippen LogP contribution in [0.2, 0.25) is 5.02 Å². The van der Waals surface area contributed by atoms with E-state index in [4.69, 9.17) is 16.3 Å². The van der Waals surface area contributed by atoms with Crippen LogP contribution in [0.5, 0.6) is 0 Å². The maximum absolute atomic E-state index is 15.4. The van der Waals surface area contributed by atoms with Crippen molar-refractivity contribution >= 4 is 82.5 Å². The number of amides is 12.